The SMILES string of the molecule is CC/C=N\C=C(/N)c1ccc2c(c1)c1cc(-c3cnccn3)cc3c1n2C(O)c1occc1-3. The fraction of sp³-hybridized carbons (Fsp3) is 0.115. The smallest absolute Gasteiger partial charge is 0.191 e. The van der Waals surface area contributed by atoms with Crippen molar-refractivity contribution in [3.63, 3.8) is 0 Å². The number of furan rings is 1. The molecule has 1 aliphatic rings. The van der Waals surface area contributed by atoms with Crippen molar-refractivity contribution in [2.45, 2.75) is 19.6 Å². The first-order chi connectivity index (χ1) is 16.2. The molecule has 2 aromatic carbocycles. The number of nitrogens with zero attached hydrogens (tertiary/aromatic N) is 4. The average Bonchev–Trinajstić information content (AvgIpc) is 3.47. The van der Waals surface area contributed by atoms with Crippen LogP contribution in [0.15, 0.2) is 76.9 Å². The summed E-state index contributed by atoms with van der Waals surface area (Å²) >= 11 is 0. The fourth-order valence-corrected chi connectivity index (χ4v) is 4.59. The molecule has 33 heavy (non-hydrogen) atoms. The molecule has 1 unspecified atom stereocenters. The van der Waals surface area contributed by atoms with Crippen molar-refractivity contribution < 1.29 is 9.52 Å². The van der Waals surface area contributed by atoms with Gasteiger partial charge in [0.05, 0.1) is 34.9 Å². The molecule has 0 amide bonds. The van der Waals surface area contributed by atoms with E-state index in [-0.39, 0.29) is 0 Å². The van der Waals surface area contributed by atoms with Gasteiger partial charge >= 0.3 is 0 Å². The zero-order chi connectivity index (χ0) is 22.5. The van der Waals surface area contributed by atoms with E-state index in [1.54, 1.807) is 31.1 Å². The molecule has 3 N–H and O–H groups in total. The molecule has 0 saturated carbocycles. The second-order valence-corrected chi connectivity index (χ2v) is 8.01. The van der Waals surface area contributed by atoms with Crippen LogP contribution in [0.1, 0.15) is 30.9 Å². The molecule has 0 saturated heterocycles. The molecule has 0 aliphatic carbocycles. The number of hydrogen-bond donors (Lipinski definition) is 2. The normalized spacial score (nSPS) is 15.6. The maximum absolute atomic E-state index is 11.2. The van der Waals surface area contributed by atoms with E-state index in [2.05, 4.69) is 27.1 Å². The van der Waals surface area contributed by atoms with Crippen LogP contribution in [0.5, 0.6) is 0 Å². The predicted molar refractivity (Wildman–Crippen MR) is 129 cm³/mol. The Hall–Kier alpha value is -4.23. The first kappa shape index (κ1) is 19.5. The molecular formula is C26H21N5O2. The summed E-state index contributed by atoms with van der Waals surface area (Å²) in [5, 5.41) is 13.2. The van der Waals surface area contributed by atoms with Crippen LogP contribution in [0.2, 0.25) is 0 Å². The van der Waals surface area contributed by atoms with E-state index in [4.69, 9.17) is 10.2 Å². The molecule has 5 aromatic rings. The summed E-state index contributed by atoms with van der Waals surface area (Å²) in [5.74, 6) is 0.523. The molecule has 162 valence electrons. The molecule has 4 heterocycles. The highest BCUT2D eigenvalue weighted by molar-refractivity contribution is 6.15. The predicted octanol–water partition coefficient (Wildman–Crippen LogP) is 5.10. The molecule has 1 atom stereocenters. The van der Waals surface area contributed by atoms with Gasteiger partial charge in [0.1, 0.15) is 0 Å². The molecule has 3 aromatic heterocycles. The maximum Gasteiger partial charge on any atom is 0.191 e. The van der Waals surface area contributed by atoms with E-state index in [1.165, 1.54) is 0 Å². The lowest BCUT2D eigenvalue weighted by Crippen LogP contribution is -2.13. The van der Waals surface area contributed by atoms with E-state index >= 15 is 0 Å². The Kier molecular flexibility index (Phi) is 4.38. The Bertz CT molecular complexity index is 1580. The lowest BCUT2D eigenvalue weighted by molar-refractivity contribution is 0.128. The van der Waals surface area contributed by atoms with Crippen molar-refractivity contribution in [1.82, 2.24) is 14.5 Å². The summed E-state index contributed by atoms with van der Waals surface area (Å²) in [6.45, 7) is 2.03. The van der Waals surface area contributed by atoms with Gasteiger partial charge in [-0.3, -0.25) is 15.0 Å². The van der Waals surface area contributed by atoms with Gasteiger partial charge in [0, 0.05) is 52.3 Å². The summed E-state index contributed by atoms with van der Waals surface area (Å²) in [6.07, 6.45) is 10.1. The third-order valence-electron chi connectivity index (χ3n) is 6.06. The Morgan fingerprint density at radius 3 is 2.91 bits per heavy atom. The number of rotatable bonds is 4. The topological polar surface area (TPSA) is 102 Å². The standard InChI is InChI=1S/C26H21N5O2/c1-2-6-28-13-21(27)15-3-4-23-18(10-15)20-12-16(22-14-29-7-8-30-22)11-19-17-5-9-33-25(17)26(32)31(23)24(19)20/h3-14,26,32H,2,27H2,1H3/b21-13-,28-6-. The highest BCUT2D eigenvalue weighted by Gasteiger charge is 2.31. The molecule has 0 fully saturated rings. The van der Waals surface area contributed by atoms with Gasteiger partial charge in [-0.1, -0.05) is 13.0 Å². The Labute approximate surface area is 189 Å². The molecule has 0 radical (unpaired) electrons. The minimum Gasteiger partial charge on any atom is -0.464 e. The minimum absolute atomic E-state index is 0.523. The minimum atomic E-state index is -0.919. The molecule has 0 bridgehead atoms. The quantitative estimate of drug-likeness (QED) is 0.382. The molecule has 7 heteroatoms. The van der Waals surface area contributed by atoms with Gasteiger partial charge in [0.2, 0.25) is 0 Å². The van der Waals surface area contributed by atoms with Crippen LogP contribution in [-0.4, -0.2) is 25.9 Å². The van der Waals surface area contributed by atoms with Gasteiger partial charge in [-0.2, -0.15) is 0 Å². The van der Waals surface area contributed by atoms with E-state index in [1.807, 2.05) is 42.0 Å². The number of fused-ring (bicyclic) bond motifs is 5. The van der Waals surface area contributed by atoms with Crippen molar-refractivity contribution in [3.05, 3.63) is 78.8 Å². The van der Waals surface area contributed by atoms with E-state index < -0.39 is 6.23 Å². The van der Waals surface area contributed by atoms with Crippen LogP contribution in [0.4, 0.5) is 0 Å². The van der Waals surface area contributed by atoms with Gasteiger partial charge in [-0.25, -0.2) is 0 Å². The summed E-state index contributed by atoms with van der Waals surface area (Å²) in [7, 11) is 0. The van der Waals surface area contributed by atoms with E-state index in [0.717, 1.165) is 56.2 Å². The number of benzene rings is 2. The Balaban J connectivity index is 1.68. The van der Waals surface area contributed by atoms with Gasteiger partial charge in [-0.05, 0) is 42.3 Å². The van der Waals surface area contributed by atoms with Crippen molar-refractivity contribution in [1.29, 1.82) is 0 Å². The van der Waals surface area contributed by atoms with Crippen LogP contribution in [0, 0.1) is 0 Å². The van der Waals surface area contributed by atoms with E-state index in [0.29, 0.717) is 11.5 Å². The fourth-order valence-electron chi connectivity index (χ4n) is 4.59. The first-order valence-electron chi connectivity index (χ1n) is 10.8. The van der Waals surface area contributed by atoms with Crippen LogP contribution in [-0.2, 0) is 0 Å². The lowest BCUT2D eigenvalue weighted by Gasteiger charge is -2.22. The average molecular weight is 435 g/mol. The molecule has 7 nitrogen and oxygen atoms in total. The molecule has 0 spiro atoms. The van der Waals surface area contributed by atoms with Gasteiger partial charge in [0.15, 0.2) is 12.0 Å². The van der Waals surface area contributed by atoms with Crippen molar-refractivity contribution in [2.75, 3.05) is 0 Å². The molecule has 1 aliphatic heterocycles. The summed E-state index contributed by atoms with van der Waals surface area (Å²) < 4.78 is 7.61. The van der Waals surface area contributed by atoms with E-state index in [9.17, 15) is 5.11 Å². The van der Waals surface area contributed by atoms with Crippen molar-refractivity contribution in [3.8, 4) is 22.4 Å². The largest absolute Gasteiger partial charge is 0.464 e. The number of aromatic nitrogens is 3. The summed E-state index contributed by atoms with van der Waals surface area (Å²) in [6, 6.07) is 12.1. The monoisotopic (exact) mass is 435 g/mol. The van der Waals surface area contributed by atoms with Crippen LogP contribution >= 0.6 is 0 Å². The number of aliphatic hydroxyl groups is 1. The van der Waals surface area contributed by atoms with Gasteiger partial charge in [0.25, 0.3) is 0 Å². The van der Waals surface area contributed by atoms with Crippen molar-refractivity contribution >= 4 is 33.7 Å². The lowest BCUT2D eigenvalue weighted by atomic mass is 9.95. The third kappa shape index (κ3) is 2.90. The van der Waals surface area contributed by atoms with Gasteiger partial charge < -0.3 is 19.8 Å². The highest BCUT2D eigenvalue weighted by atomic mass is 16.4. The first-order valence-corrected chi connectivity index (χ1v) is 10.8. The highest BCUT2D eigenvalue weighted by Crippen LogP contribution is 2.47. The maximum atomic E-state index is 11.2. The van der Waals surface area contributed by atoms with Crippen LogP contribution in [0.25, 0.3) is 49.9 Å². The summed E-state index contributed by atoms with van der Waals surface area (Å²) in [5.41, 5.74) is 13.2. The Morgan fingerprint density at radius 1 is 1.18 bits per heavy atom. The van der Waals surface area contributed by atoms with Crippen LogP contribution < -0.4 is 5.73 Å². The second-order valence-electron chi connectivity index (χ2n) is 8.01. The van der Waals surface area contributed by atoms with Crippen molar-refractivity contribution in [2.24, 2.45) is 10.7 Å². The van der Waals surface area contributed by atoms with Gasteiger partial charge in [-0.15, -0.1) is 0 Å². The number of hydrogen-bond acceptors (Lipinski definition) is 6. The number of aliphatic hydroxyl groups excluding tert-OH is 1. The third-order valence-corrected chi connectivity index (χ3v) is 6.06. The molecule has 6 rings (SSSR count). The zero-order valence-corrected chi connectivity index (χ0v) is 17.9. The number of aliphatic imine (C=N–C) groups is 1. The summed E-state index contributed by atoms with van der Waals surface area (Å²) in [4.78, 5) is 13.0. The Morgan fingerprint density at radius 2 is 2.09 bits per heavy atom. The zero-order valence-electron chi connectivity index (χ0n) is 17.9. The molecular weight excluding hydrogens is 414 g/mol. The number of nitrogens with two attached hydrogens (primary N) is 1. The second kappa shape index (κ2) is 7.43. The van der Waals surface area contributed by atoms with Crippen LogP contribution in [0.3, 0.4) is 0 Å².